The van der Waals surface area contributed by atoms with Crippen LogP contribution in [0.4, 0.5) is 0 Å². The Bertz CT molecular complexity index is 876. The maximum Gasteiger partial charge on any atom is 0.269 e. The van der Waals surface area contributed by atoms with E-state index in [1.807, 2.05) is 48.5 Å². The number of carbonyl (C=O) groups is 2. The van der Waals surface area contributed by atoms with Crippen molar-refractivity contribution in [1.29, 1.82) is 0 Å². The molecule has 0 atom stereocenters. The number of fused-ring (bicyclic) bond motifs is 1. The van der Waals surface area contributed by atoms with Crippen LogP contribution in [0.25, 0.3) is 10.9 Å². The quantitative estimate of drug-likeness (QED) is 0.658. The first-order chi connectivity index (χ1) is 11.6. The number of nitrogens with zero attached hydrogens (tertiary/aromatic N) is 1. The maximum absolute atomic E-state index is 12.5. The van der Waals surface area contributed by atoms with Crippen LogP contribution < -0.4 is 4.74 Å². The van der Waals surface area contributed by atoms with Crippen LogP contribution in [-0.4, -0.2) is 23.4 Å². The van der Waals surface area contributed by atoms with Crippen molar-refractivity contribution in [1.82, 2.24) is 4.57 Å². The minimum Gasteiger partial charge on any atom is -0.484 e. The fourth-order valence-electron chi connectivity index (χ4n) is 2.67. The third kappa shape index (κ3) is 3.08. The largest absolute Gasteiger partial charge is 0.484 e. The van der Waals surface area contributed by atoms with Crippen molar-refractivity contribution >= 4 is 23.1 Å². The average Bonchev–Trinajstić information content (AvgIpc) is 2.99. The smallest absolute Gasteiger partial charge is 0.269 e. The number of ether oxygens (including phenoxy) is 1. The Morgan fingerprint density at radius 3 is 2.50 bits per heavy atom. The second-order valence-electron chi connectivity index (χ2n) is 6.00. The van der Waals surface area contributed by atoms with Gasteiger partial charge in [-0.2, -0.15) is 0 Å². The minimum absolute atomic E-state index is 0.0853. The lowest BCUT2D eigenvalue weighted by atomic mass is 10.0. The lowest BCUT2D eigenvalue weighted by Gasteiger charge is -2.09. The molecule has 0 radical (unpaired) electrons. The van der Waals surface area contributed by atoms with E-state index < -0.39 is 0 Å². The van der Waals surface area contributed by atoms with Gasteiger partial charge in [-0.1, -0.05) is 44.2 Å². The zero-order valence-corrected chi connectivity index (χ0v) is 13.7. The van der Waals surface area contributed by atoms with Gasteiger partial charge in [0.25, 0.3) is 5.91 Å². The van der Waals surface area contributed by atoms with Crippen LogP contribution >= 0.6 is 0 Å². The number of hydrogen-bond acceptors (Lipinski definition) is 3. The molecule has 3 aromatic rings. The number of para-hydroxylation sites is 1. The van der Waals surface area contributed by atoms with Gasteiger partial charge < -0.3 is 4.74 Å². The summed E-state index contributed by atoms with van der Waals surface area (Å²) in [5.74, 6) is 0.890. The summed E-state index contributed by atoms with van der Waals surface area (Å²) in [6.45, 7) is 4.17. The van der Waals surface area contributed by atoms with Gasteiger partial charge in [0.1, 0.15) is 5.75 Å². The van der Waals surface area contributed by atoms with E-state index in [2.05, 4.69) is 13.8 Å². The highest BCUT2D eigenvalue weighted by molar-refractivity contribution is 6.02. The van der Waals surface area contributed by atoms with Gasteiger partial charge in [0, 0.05) is 17.1 Å². The van der Waals surface area contributed by atoms with Crippen molar-refractivity contribution in [2.45, 2.75) is 19.8 Å². The molecule has 0 unspecified atom stereocenters. The highest BCUT2D eigenvalue weighted by atomic mass is 16.5. The lowest BCUT2D eigenvalue weighted by Crippen LogP contribution is -2.18. The van der Waals surface area contributed by atoms with Crippen LogP contribution in [0.5, 0.6) is 5.75 Å². The van der Waals surface area contributed by atoms with E-state index in [4.69, 9.17) is 4.74 Å². The van der Waals surface area contributed by atoms with Crippen molar-refractivity contribution in [3.8, 4) is 5.75 Å². The van der Waals surface area contributed by atoms with Crippen molar-refractivity contribution in [2.24, 2.45) is 0 Å². The highest BCUT2D eigenvalue weighted by Crippen LogP contribution is 2.21. The first-order valence-corrected chi connectivity index (χ1v) is 7.91. The third-order valence-electron chi connectivity index (χ3n) is 4.05. The molecule has 0 aliphatic heterocycles. The Kier molecular flexibility index (Phi) is 4.47. The van der Waals surface area contributed by atoms with Gasteiger partial charge in [-0.05, 0) is 29.7 Å². The van der Waals surface area contributed by atoms with Crippen LogP contribution in [0.15, 0.2) is 54.7 Å². The summed E-state index contributed by atoms with van der Waals surface area (Å²) >= 11 is 0. The van der Waals surface area contributed by atoms with E-state index in [0.717, 1.165) is 11.7 Å². The Balaban J connectivity index is 1.77. The van der Waals surface area contributed by atoms with Crippen molar-refractivity contribution in [3.63, 3.8) is 0 Å². The molecule has 4 heteroatoms. The van der Waals surface area contributed by atoms with Gasteiger partial charge in [-0.3, -0.25) is 14.2 Å². The summed E-state index contributed by atoms with van der Waals surface area (Å²) in [7, 11) is 0. The van der Waals surface area contributed by atoms with E-state index in [-0.39, 0.29) is 12.5 Å². The molecule has 1 heterocycles. The fraction of sp³-hybridized carbons (Fsp3) is 0.200. The molecule has 0 bridgehead atoms. The molecule has 1 aromatic heterocycles. The number of aromatic nitrogens is 1. The second-order valence-corrected chi connectivity index (χ2v) is 6.00. The lowest BCUT2D eigenvalue weighted by molar-refractivity contribution is 0.0843. The van der Waals surface area contributed by atoms with Gasteiger partial charge in [0.05, 0.1) is 5.52 Å². The van der Waals surface area contributed by atoms with Gasteiger partial charge >= 0.3 is 0 Å². The molecule has 24 heavy (non-hydrogen) atoms. The molecular weight excluding hydrogens is 302 g/mol. The molecule has 4 nitrogen and oxygen atoms in total. The molecule has 0 N–H and O–H groups in total. The Morgan fingerprint density at radius 2 is 1.83 bits per heavy atom. The fourth-order valence-corrected chi connectivity index (χ4v) is 2.67. The average molecular weight is 321 g/mol. The maximum atomic E-state index is 12.5. The molecule has 0 amide bonds. The number of benzene rings is 2. The molecule has 0 spiro atoms. The zero-order valence-electron chi connectivity index (χ0n) is 13.7. The predicted octanol–water partition coefficient (Wildman–Crippen LogP) is 4.30. The number of carbonyl (C=O) groups excluding carboxylic acids is 2. The summed E-state index contributed by atoms with van der Waals surface area (Å²) < 4.78 is 7.06. The zero-order chi connectivity index (χ0) is 17.1. The SMILES string of the molecule is CC(C)c1ccc(OCC(=O)n2cc(C=O)c3ccccc32)cc1. The highest BCUT2D eigenvalue weighted by Gasteiger charge is 2.13. The van der Waals surface area contributed by atoms with Crippen LogP contribution in [0, 0.1) is 0 Å². The first kappa shape index (κ1) is 16.0. The van der Waals surface area contributed by atoms with Crippen LogP contribution in [0.3, 0.4) is 0 Å². The molecule has 0 aliphatic rings. The molecule has 0 fully saturated rings. The second kappa shape index (κ2) is 6.71. The van der Waals surface area contributed by atoms with Gasteiger partial charge in [-0.25, -0.2) is 0 Å². The summed E-state index contributed by atoms with van der Waals surface area (Å²) in [5, 5.41) is 0.766. The summed E-state index contributed by atoms with van der Waals surface area (Å²) in [4.78, 5) is 23.6. The van der Waals surface area contributed by atoms with Crippen molar-refractivity contribution in [2.75, 3.05) is 6.61 Å². The van der Waals surface area contributed by atoms with E-state index in [9.17, 15) is 9.59 Å². The molecule has 2 aromatic carbocycles. The standard InChI is InChI=1S/C20H19NO3/c1-14(2)15-7-9-17(10-8-15)24-13-20(23)21-11-16(12-22)18-5-3-4-6-19(18)21/h3-12,14H,13H2,1-2H3. The van der Waals surface area contributed by atoms with E-state index in [1.165, 1.54) is 10.1 Å². The summed E-state index contributed by atoms with van der Waals surface area (Å²) in [6.07, 6.45) is 2.32. The predicted molar refractivity (Wildman–Crippen MR) is 94.0 cm³/mol. The van der Waals surface area contributed by atoms with Gasteiger partial charge in [0.2, 0.25) is 0 Å². The molecule has 3 rings (SSSR count). The monoisotopic (exact) mass is 321 g/mol. The van der Waals surface area contributed by atoms with E-state index in [1.54, 1.807) is 6.20 Å². The normalized spacial score (nSPS) is 11.0. The van der Waals surface area contributed by atoms with Gasteiger partial charge in [0.15, 0.2) is 12.9 Å². The number of aldehydes is 1. The number of rotatable bonds is 5. The molecule has 0 saturated carbocycles. The molecular formula is C20H19NO3. The van der Waals surface area contributed by atoms with Crippen molar-refractivity contribution < 1.29 is 14.3 Å². The van der Waals surface area contributed by atoms with Gasteiger partial charge in [-0.15, -0.1) is 0 Å². The van der Waals surface area contributed by atoms with Crippen LogP contribution in [-0.2, 0) is 0 Å². The van der Waals surface area contributed by atoms with Crippen LogP contribution in [0.2, 0.25) is 0 Å². The first-order valence-electron chi connectivity index (χ1n) is 7.91. The van der Waals surface area contributed by atoms with Crippen molar-refractivity contribution in [3.05, 3.63) is 65.9 Å². The topological polar surface area (TPSA) is 48.3 Å². The number of hydrogen-bond donors (Lipinski definition) is 0. The summed E-state index contributed by atoms with van der Waals surface area (Å²) in [5.41, 5.74) is 2.43. The minimum atomic E-state index is -0.216. The summed E-state index contributed by atoms with van der Waals surface area (Å²) in [6, 6.07) is 15.1. The Hall–Kier alpha value is -2.88. The molecule has 0 aliphatic carbocycles. The van der Waals surface area contributed by atoms with Crippen LogP contribution in [0.1, 0.15) is 40.5 Å². The molecule has 122 valence electrons. The van der Waals surface area contributed by atoms with E-state index in [0.29, 0.717) is 22.7 Å². The van der Waals surface area contributed by atoms with E-state index >= 15 is 0 Å². The Labute approximate surface area is 140 Å². The molecule has 0 saturated heterocycles. The Morgan fingerprint density at radius 1 is 1.12 bits per heavy atom. The third-order valence-corrected chi connectivity index (χ3v) is 4.05.